The molecule has 0 aliphatic carbocycles. The van der Waals surface area contributed by atoms with Gasteiger partial charge in [0.05, 0.1) is 5.69 Å². The van der Waals surface area contributed by atoms with E-state index in [0.717, 1.165) is 37.3 Å². The molecule has 0 amide bonds. The Morgan fingerprint density at radius 2 is 2.14 bits per heavy atom. The van der Waals surface area contributed by atoms with Crippen LogP contribution < -0.4 is 16.2 Å². The van der Waals surface area contributed by atoms with Crippen LogP contribution in [0.15, 0.2) is 4.79 Å². The highest BCUT2D eigenvalue weighted by atomic mass is 16.1. The number of nitrogens with one attached hydrogen (secondary N) is 1. The van der Waals surface area contributed by atoms with Gasteiger partial charge in [-0.05, 0) is 12.8 Å². The molecule has 14 heavy (non-hydrogen) atoms. The predicted octanol–water partition coefficient (Wildman–Crippen LogP) is 0.0495. The van der Waals surface area contributed by atoms with Crippen molar-refractivity contribution in [2.75, 3.05) is 23.7 Å². The molecule has 4 heterocycles. The lowest BCUT2D eigenvalue weighted by molar-refractivity contribution is 0.461. The Kier molecular flexibility index (Phi) is 1.40. The predicted molar refractivity (Wildman–Crippen MR) is 53.5 cm³/mol. The molecule has 3 N–H and O–H groups in total. The number of aromatic nitrogens is 2. The van der Waals surface area contributed by atoms with E-state index in [4.69, 9.17) is 5.73 Å². The third-order valence-electron chi connectivity index (χ3n) is 3.14. The number of hydrogen-bond donors (Lipinski definition) is 2. The van der Waals surface area contributed by atoms with Crippen LogP contribution in [0.25, 0.3) is 0 Å². The number of anilines is 2. The molecule has 0 spiro atoms. The van der Waals surface area contributed by atoms with Crippen LogP contribution in [0.5, 0.6) is 0 Å². The minimum Gasteiger partial charge on any atom is -0.369 e. The summed E-state index contributed by atoms with van der Waals surface area (Å²) in [6.07, 6.45) is 2.20. The summed E-state index contributed by atoms with van der Waals surface area (Å²) >= 11 is 0. The summed E-state index contributed by atoms with van der Waals surface area (Å²) in [5.74, 6) is 0.682. The Bertz CT molecular complexity index is 431. The molecule has 5 nitrogen and oxygen atoms in total. The molecule has 0 aromatic carbocycles. The van der Waals surface area contributed by atoms with Gasteiger partial charge in [-0.1, -0.05) is 0 Å². The molecule has 2 bridgehead atoms. The van der Waals surface area contributed by atoms with Gasteiger partial charge < -0.3 is 10.6 Å². The van der Waals surface area contributed by atoms with Crippen LogP contribution in [0.4, 0.5) is 11.6 Å². The number of nitrogen functional groups attached to an aromatic ring is 1. The zero-order valence-corrected chi connectivity index (χ0v) is 7.79. The van der Waals surface area contributed by atoms with Crippen LogP contribution in [-0.4, -0.2) is 23.1 Å². The van der Waals surface area contributed by atoms with Crippen molar-refractivity contribution in [3.8, 4) is 0 Å². The molecule has 1 fully saturated rings. The van der Waals surface area contributed by atoms with Gasteiger partial charge >= 0.3 is 0 Å². The summed E-state index contributed by atoms with van der Waals surface area (Å²) in [4.78, 5) is 20.6. The van der Waals surface area contributed by atoms with Crippen LogP contribution in [-0.2, 0) is 0 Å². The van der Waals surface area contributed by atoms with Gasteiger partial charge in [0.2, 0.25) is 5.95 Å². The second-order valence-electron chi connectivity index (χ2n) is 3.95. The summed E-state index contributed by atoms with van der Waals surface area (Å²) in [6, 6.07) is 0. The van der Waals surface area contributed by atoms with E-state index in [1.807, 2.05) is 0 Å². The molecule has 1 aromatic heterocycles. The van der Waals surface area contributed by atoms with Crippen LogP contribution in [0, 0.1) is 0 Å². The third-order valence-corrected chi connectivity index (χ3v) is 3.14. The highest BCUT2D eigenvalue weighted by Crippen LogP contribution is 2.38. The quantitative estimate of drug-likeness (QED) is 0.609. The molecule has 0 unspecified atom stereocenters. The summed E-state index contributed by atoms with van der Waals surface area (Å²) in [5, 5.41) is 0. The molecule has 4 rings (SSSR count). The minimum atomic E-state index is -0.0862. The van der Waals surface area contributed by atoms with Crippen LogP contribution in [0.2, 0.25) is 0 Å². The summed E-state index contributed by atoms with van der Waals surface area (Å²) in [6.45, 7) is 1.96. The maximum absolute atomic E-state index is 11.7. The first-order valence-electron chi connectivity index (χ1n) is 4.90. The fraction of sp³-hybridized carbons (Fsp3) is 0.556. The first-order chi connectivity index (χ1) is 6.75. The lowest BCUT2D eigenvalue weighted by Crippen LogP contribution is -2.43. The second-order valence-corrected chi connectivity index (χ2v) is 3.95. The van der Waals surface area contributed by atoms with Crippen molar-refractivity contribution in [2.45, 2.75) is 18.8 Å². The lowest BCUT2D eigenvalue weighted by atomic mass is 9.87. The molecule has 74 valence electrons. The van der Waals surface area contributed by atoms with E-state index in [2.05, 4.69) is 14.9 Å². The maximum atomic E-state index is 11.7. The highest BCUT2D eigenvalue weighted by molar-refractivity contribution is 5.56. The van der Waals surface area contributed by atoms with E-state index in [1.165, 1.54) is 0 Å². The van der Waals surface area contributed by atoms with Crippen molar-refractivity contribution in [2.24, 2.45) is 0 Å². The van der Waals surface area contributed by atoms with Crippen molar-refractivity contribution >= 4 is 11.6 Å². The zero-order chi connectivity index (χ0) is 9.71. The number of aromatic amines is 1. The van der Waals surface area contributed by atoms with Crippen LogP contribution in [0.1, 0.15) is 24.5 Å². The van der Waals surface area contributed by atoms with Crippen LogP contribution in [0.3, 0.4) is 0 Å². The van der Waals surface area contributed by atoms with E-state index >= 15 is 0 Å². The molecule has 0 atom stereocenters. The Hall–Kier alpha value is -1.52. The van der Waals surface area contributed by atoms with Gasteiger partial charge in [-0.3, -0.25) is 9.78 Å². The molecule has 3 aliphatic heterocycles. The Morgan fingerprint density at radius 1 is 1.43 bits per heavy atom. The van der Waals surface area contributed by atoms with E-state index in [9.17, 15) is 4.79 Å². The Morgan fingerprint density at radius 3 is 2.86 bits per heavy atom. The van der Waals surface area contributed by atoms with Gasteiger partial charge in [0, 0.05) is 19.0 Å². The topological polar surface area (TPSA) is 75.0 Å². The number of H-pyrrole nitrogens is 1. The fourth-order valence-electron chi connectivity index (χ4n) is 2.47. The average molecular weight is 192 g/mol. The molecule has 5 heteroatoms. The monoisotopic (exact) mass is 192 g/mol. The normalized spacial score (nSPS) is 19.9. The highest BCUT2D eigenvalue weighted by Gasteiger charge is 2.34. The van der Waals surface area contributed by atoms with E-state index in [0.29, 0.717) is 5.92 Å². The summed E-state index contributed by atoms with van der Waals surface area (Å²) < 4.78 is 0. The zero-order valence-electron chi connectivity index (χ0n) is 7.79. The maximum Gasteiger partial charge on any atom is 0.276 e. The van der Waals surface area contributed by atoms with Gasteiger partial charge in [-0.15, -0.1) is 0 Å². The molecular formula is C9H12N4O. The van der Waals surface area contributed by atoms with Crippen molar-refractivity contribution in [3.05, 3.63) is 16.0 Å². The third kappa shape index (κ3) is 0.893. The summed E-state index contributed by atoms with van der Waals surface area (Å²) in [7, 11) is 0. The average Bonchev–Trinajstić information content (AvgIpc) is 2.18. The van der Waals surface area contributed by atoms with Crippen molar-refractivity contribution < 1.29 is 0 Å². The molecule has 1 aromatic rings. The minimum absolute atomic E-state index is 0.0862. The number of nitrogens with two attached hydrogens (primary N) is 1. The van der Waals surface area contributed by atoms with Crippen molar-refractivity contribution in [3.63, 3.8) is 0 Å². The lowest BCUT2D eigenvalue weighted by Gasteiger charge is -2.40. The smallest absolute Gasteiger partial charge is 0.276 e. The number of rotatable bonds is 0. The van der Waals surface area contributed by atoms with Gasteiger partial charge in [0.15, 0.2) is 0 Å². The molecule has 1 saturated heterocycles. The Balaban J connectivity index is 2.29. The van der Waals surface area contributed by atoms with E-state index < -0.39 is 0 Å². The van der Waals surface area contributed by atoms with Crippen molar-refractivity contribution in [1.29, 1.82) is 0 Å². The Labute approximate surface area is 80.9 Å². The van der Waals surface area contributed by atoms with Gasteiger partial charge in [-0.25, -0.2) is 4.98 Å². The van der Waals surface area contributed by atoms with Crippen LogP contribution >= 0.6 is 0 Å². The van der Waals surface area contributed by atoms with Gasteiger partial charge in [0.1, 0.15) is 5.69 Å². The van der Waals surface area contributed by atoms with E-state index in [-0.39, 0.29) is 11.5 Å². The SMILES string of the molecule is Nc1nc2c(c(=O)[nH]1)N1CCC2CC1. The van der Waals surface area contributed by atoms with E-state index in [1.54, 1.807) is 0 Å². The first kappa shape index (κ1) is 7.84. The molecular weight excluding hydrogens is 180 g/mol. The number of piperidine rings is 1. The number of hydrogen-bond acceptors (Lipinski definition) is 4. The molecule has 0 saturated carbocycles. The van der Waals surface area contributed by atoms with Gasteiger partial charge in [0.25, 0.3) is 5.56 Å². The summed E-state index contributed by atoms with van der Waals surface area (Å²) in [5.41, 5.74) is 7.10. The second kappa shape index (κ2) is 2.50. The van der Waals surface area contributed by atoms with Crippen molar-refractivity contribution in [1.82, 2.24) is 9.97 Å². The molecule has 3 aliphatic rings. The number of fused-ring (bicyclic) bond motifs is 2. The molecule has 0 radical (unpaired) electrons. The fourth-order valence-corrected chi connectivity index (χ4v) is 2.47. The van der Waals surface area contributed by atoms with Gasteiger partial charge in [-0.2, -0.15) is 0 Å². The largest absolute Gasteiger partial charge is 0.369 e. The standard InChI is InChI=1S/C9H12N4O/c10-9-11-6-5-1-3-13(4-2-5)7(6)8(14)12-9/h5H,1-4H2,(H3,10,11,12,14). The number of nitrogens with zero attached hydrogens (tertiary/aromatic N) is 2. The first-order valence-corrected chi connectivity index (χ1v) is 4.90.